The van der Waals surface area contributed by atoms with Crippen LogP contribution in [0.4, 0.5) is 0 Å². The quantitative estimate of drug-likeness (QED) is 0.402. The van der Waals surface area contributed by atoms with Crippen LogP contribution in [0.2, 0.25) is 0 Å². The summed E-state index contributed by atoms with van der Waals surface area (Å²) in [5, 5.41) is 57.0. The summed E-state index contributed by atoms with van der Waals surface area (Å²) in [6.07, 6.45) is -0.985. The lowest BCUT2D eigenvalue weighted by Gasteiger charge is -2.51. The molecule has 4 fully saturated rings. The van der Waals surface area contributed by atoms with Gasteiger partial charge in [-0.3, -0.25) is 4.79 Å². The van der Waals surface area contributed by atoms with Gasteiger partial charge in [-0.15, -0.1) is 0 Å². The van der Waals surface area contributed by atoms with E-state index in [0.717, 1.165) is 0 Å². The van der Waals surface area contributed by atoms with E-state index >= 15 is 0 Å². The minimum Gasteiger partial charge on any atom is -0.462 e. The maximum Gasteiger partial charge on any atom is 0.302 e. The molecule has 4 aliphatic carbocycles. The van der Waals surface area contributed by atoms with Gasteiger partial charge in [-0.1, -0.05) is 13.8 Å². The third kappa shape index (κ3) is 2.45. The predicted molar refractivity (Wildman–Crippen MR) is 104 cm³/mol. The highest BCUT2D eigenvalue weighted by Crippen LogP contribution is 2.70. The molecule has 0 aromatic heterocycles. The Labute approximate surface area is 172 Å². The molecule has 0 aromatic carbocycles. The first kappa shape index (κ1) is 21.5. The second-order valence-corrected chi connectivity index (χ2v) is 11.3. The van der Waals surface area contributed by atoms with Crippen molar-refractivity contribution in [3.63, 3.8) is 0 Å². The SMILES string of the molecule is CC(=O)O[C@H]1C2CCC3C(C)(O)C4CC(O)C(C)(C)[C@@]4(O)[C@@H](O)C[C@]31CC2(C)O. The lowest BCUT2D eigenvalue weighted by Crippen LogP contribution is -2.60. The van der Waals surface area contributed by atoms with Crippen molar-refractivity contribution in [3.05, 3.63) is 0 Å². The van der Waals surface area contributed by atoms with Gasteiger partial charge in [0.05, 0.1) is 23.4 Å². The molecule has 7 nitrogen and oxygen atoms in total. The van der Waals surface area contributed by atoms with Crippen LogP contribution in [0.25, 0.3) is 0 Å². The summed E-state index contributed by atoms with van der Waals surface area (Å²) in [6, 6.07) is 0. The highest BCUT2D eigenvalue weighted by molar-refractivity contribution is 5.66. The lowest BCUT2D eigenvalue weighted by atomic mass is 9.57. The fourth-order valence-electron chi connectivity index (χ4n) is 8.14. The summed E-state index contributed by atoms with van der Waals surface area (Å²) < 4.78 is 5.75. The molecule has 4 rings (SSSR count). The van der Waals surface area contributed by atoms with Gasteiger partial charge in [0.15, 0.2) is 0 Å². The molecule has 1 spiro atoms. The largest absolute Gasteiger partial charge is 0.462 e. The Bertz CT molecular complexity index is 716. The van der Waals surface area contributed by atoms with Gasteiger partial charge in [-0.05, 0) is 51.9 Å². The summed E-state index contributed by atoms with van der Waals surface area (Å²) in [5.74, 6) is -1.86. The molecule has 4 saturated carbocycles. The molecule has 4 aliphatic rings. The van der Waals surface area contributed by atoms with Crippen LogP contribution in [0.5, 0.6) is 0 Å². The Balaban J connectivity index is 1.90. The Kier molecular flexibility index (Phi) is 4.41. The molecule has 29 heavy (non-hydrogen) atoms. The average molecular weight is 413 g/mol. The van der Waals surface area contributed by atoms with Crippen molar-refractivity contribution in [2.24, 2.45) is 28.6 Å². The van der Waals surface area contributed by atoms with Gasteiger partial charge >= 0.3 is 5.97 Å². The minimum atomic E-state index is -1.70. The Morgan fingerprint density at radius 3 is 2.17 bits per heavy atom. The Morgan fingerprint density at radius 2 is 1.59 bits per heavy atom. The number of carbonyl (C=O) groups is 1. The van der Waals surface area contributed by atoms with Gasteiger partial charge in [-0.25, -0.2) is 0 Å². The predicted octanol–water partition coefficient (Wildman–Crippen LogP) is 0.739. The third-order valence-electron chi connectivity index (χ3n) is 9.52. The Morgan fingerprint density at radius 1 is 0.966 bits per heavy atom. The van der Waals surface area contributed by atoms with Crippen LogP contribution in [-0.4, -0.2) is 66.6 Å². The number of fused-ring (bicyclic) bond motifs is 2. The van der Waals surface area contributed by atoms with E-state index in [0.29, 0.717) is 12.8 Å². The molecule has 0 heterocycles. The summed E-state index contributed by atoms with van der Waals surface area (Å²) in [7, 11) is 0. The van der Waals surface area contributed by atoms with Crippen molar-refractivity contribution in [1.82, 2.24) is 0 Å². The van der Waals surface area contributed by atoms with Gasteiger partial charge in [0, 0.05) is 29.6 Å². The van der Waals surface area contributed by atoms with Crippen LogP contribution in [0.3, 0.4) is 0 Å². The first-order chi connectivity index (χ1) is 13.1. The smallest absolute Gasteiger partial charge is 0.302 e. The first-order valence-electron chi connectivity index (χ1n) is 10.8. The molecule has 0 saturated heterocycles. The van der Waals surface area contributed by atoms with Crippen molar-refractivity contribution in [1.29, 1.82) is 0 Å². The number of aliphatic hydroxyl groups excluding tert-OH is 2. The number of aliphatic hydroxyl groups is 5. The molecule has 7 heteroatoms. The molecule has 0 amide bonds. The van der Waals surface area contributed by atoms with E-state index in [1.54, 1.807) is 27.7 Å². The van der Waals surface area contributed by atoms with E-state index in [-0.39, 0.29) is 31.1 Å². The molecule has 10 atom stereocenters. The van der Waals surface area contributed by atoms with Crippen LogP contribution in [0, 0.1) is 28.6 Å². The topological polar surface area (TPSA) is 127 Å². The van der Waals surface area contributed by atoms with Gasteiger partial charge in [0.2, 0.25) is 0 Å². The summed E-state index contributed by atoms with van der Waals surface area (Å²) >= 11 is 0. The molecule has 0 radical (unpaired) electrons. The lowest BCUT2D eigenvalue weighted by molar-refractivity contribution is -0.202. The summed E-state index contributed by atoms with van der Waals surface area (Å²) in [6.45, 7) is 8.20. The van der Waals surface area contributed by atoms with Crippen molar-refractivity contribution >= 4 is 5.97 Å². The number of carbonyl (C=O) groups excluding carboxylic acids is 1. The number of ether oxygens (including phenoxy) is 1. The van der Waals surface area contributed by atoms with Crippen molar-refractivity contribution in [2.75, 3.05) is 0 Å². The van der Waals surface area contributed by atoms with E-state index in [1.807, 2.05) is 0 Å². The van der Waals surface area contributed by atoms with Crippen molar-refractivity contribution in [2.45, 2.75) is 102 Å². The number of esters is 1. The highest BCUT2D eigenvalue weighted by Gasteiger charge is 2.77. The zero-order valence-electron chi connectivity index (χ0n) is 18.1. The first-order valence-corrected chi connectivity index (χ1v) is 10.8. The highest BCUT2D eigenvalue weighted by atomic mass is 16.5. The molecular weight excluding hydrogens is 376 g/mol. The standard InChI is InChI=1S/C22H36O7/c1-11(23)29-17-12-6-7-13-20(5,27)14-8-15(24)18(2,3)22(14,28)16(25)9-21(13,17)10-19(12,4)26/h12-17,24-28H,6-10H2,1-5H3/t12?,13?,14?,15?,16-,17-,19?,20?,21-,22-/m0/s1. The van der Waals surface area contributed by atoms with Crippen molar-refractivity contribution < 1.29 is 35.1 Å². The van der Waals surface area contributed by atoms with E-state index in [4.69, 9.17) is 4.74 Å². The van der Waals surface area contributed by atoms with Crippen LogP contribution in [0.15, 0.2) is 0 Å². The van der Waals surface area contributed by atoms with E-state index in [2.05, 4.69) is 0 Å². The molecule has 5 N–H and O–H groups in total. The van der Waals surface area contributed by atoms with E-state index < -0.39 is 57.8 Å². The normalized spacial score (nSPS) is 58.3. The average Bonchev–Trinajstić information content (AvgIpc) is 2.80. The van der Waals surface area contributed by atoms with Gasteiger partial charge in [0.25, 0.3) is 0 Å². The van der Waals surface area contributed by atoms with Gasteiger partial charge in [-0.2, -0.15) is 0 Å². The molecule has 0 aliphatic heterocycles. The second kappa shape index (κ2) is 5.94. The number of hydrogen-bond donors (Lipinski definition) is 5. The molecule has 166 valence electrons. The van der Waals surface area contributed by atoms with Crippen LogP contribution in [0.1, 0.15) is 66.7 Å². The summed E-state index contributed by atoms with van der Waals surface area (Å²) in [5.41, 5.74) is -6.08. The number of rotatable bonds is 1. The molecule has 2 bridgehead atoms. The van der Waals surface area contributed by atoms with E-state index in [1.165, 1.54) is 6.92 Å². The summed E-state index contributed by atoms with van der Waals surface area (Å²) in [4.78, 5) is 11.9. The zero-order valence-corrected chi connectivity index (χ0v) is 18.1. The van der Waals surface area contributed by atoms with Gasteiger partial charge < -0.3 is 30.3 Å². The maximum absolute atomic E-state index is 11.9. The fraction of sp³-hybridized carbons (Fsp3) is 0.955. The fourth-order valence-corrected chi connectivity index (χ4v) is 8.14. The maximum atomic E-state index is 11.9. The minimum absolute atomic E-state index is 0.0988. The number of hydrogen-bond acceptors (Lipinski definition) is 7. The van der Waals surface area contributed by atoms with Crippen molar-refractivity contribution in [3.8, 4) is 0 Å². The van der Waals surface area contributed by atoms with Crippen LogP contribution >= 0.6 is 0 Å². The monoisotopic (exact) mass is 412 g/mol. The van der Waals surface area contributed by atoms with E-state index in [9.17, 15) is 30.3 Å². The Hall–Kier alpha value is -0.730. The second-order valence-electron chi connectivity index (χ2n) is 11.3. The van der Waals surface area contributed by atoms with Crippen LogP contribution in [-0.2, 0) is 9.53 Å². The van der Waals surface area contributed by atoms with Gasteiger partial charge in [0.1, 0.15) is 11.7 Å². The molecule has 6 unspecified atom stereocenters. The molecular formula is C22H36O7. The van der Waals surface area contributed by atoms with Crippen LogP contribution < -0.4 is 0 Å². The third-order valence-corrected chi connectivity index (χ3v) is 9.52. The zero-order chi connectivity index (χ0) is 21.8. The molecule has 0 aromatic rings.